The quantitative estimate of drug-likeness (QED) is 0.585. The topological polar surface area (TPSA) is 72.3 Å². The molecular formula is C23H19ClN2O3. The molecule has 0 unspecified atom stereocenters. The van der Waals surface area contributed by atoms with Gasteiger partial charge in [0.1, 0.15) is 12.4 Å². The third-order valence-electron chi connectivity index (χ3n) is 4.93. The van der Waals surface area contributed by atoms with Crippen molar-refractivity contribution in [3.05, 3.63) is 88.2 Å². The Bertz CT molecular complexity index is 1080. The average molecular weight is 407 g/mol. The van der Waals surface area contributed by atoms with Crippen molar-refractivity contribution < 1.29 is 14.6 Å². The van der Waals surface area contributed by atoms with Crippen LogP contribution in [0, 0.1) is 0 Å². The van der Waals surface area contributed by atoms with E-state index in [2.05, 4.69) is 10.2 Å². The fourth-order valence-corrected chi connectivity index (χ4v) is 3.73. The highest BCUT2D eigenvalue weighted by Crippen LogP contribution is 2.43. The molecule has 0 spiro atoms. The summed E-state index contributed by atoms with van der Waals surface area (Å²) in [4.78, 5) is 11.3. The molecular weight excluding hydrogens is 388 g/mol. The van der Waals surface area contributed by atoms with Crippen LogP contribution < -0.4 is 4.74 Å². The van der Waals surface area contributed by atoms with E-state index in [1.165, 1.54) is 6.20 Å². The minimum atomic E-state index is -1.02. The van der Waals surface area contributed by atoms with Gasteiger partial charge in [0.2, 0.25) is 0 Å². The molecule has 6 heteroatoms. The SMILES string of the molecule is O=C(O)c1cnnc(C2=C(c3cc(Cl)ccc3OCc3ccccc3)CCC2)c1. The molecule has 0 bridgehead atoms. The molecule has 1 N–H and O–H groups in total. The van der Waals surface area contributed by atoms with E-state index in [1.54, 1.807) is 6.07 Å². The lowest BCUT2D eigenvalue weighted by Crippen LogP contribution is -2.02. The lowest BCUT2D eigenvalue weighted by atomic mass is 9.98. The minimum Gasteiger partial charge on any atom is -0.488 e. The number of rotatable bonds is 6. The molecule has 0 fully saturated rings. The van der Waals surface area contributed by atoms with Gasteiger partial charge in [-0.05, 0) is 60.2 Å². The van der Waals surface area contributed by atoms with Gasteiger partial charge in [-0.1, -0.05) is 41.9 Å². The number of hydrogen-bond acceptors (Lipinski definition) is 4. The largest absolute Gasteiger partial charge is 0.488 e. The zero-order valence-corrected chi connectivity index (χ0v) is 16.4. The van der Waals surface area contributed by atoms with E-state index in [9.17, 15) is 9.90 Å². The van der Waals surface area contributed by atoms with Crippen molar-refractivity contribution >= 4 is 28.7 Å². The third kappa shape index (κ3) is 4.30. The van der Waals surface area contributed by atoms with Crippen LogP contribution in [0.15, 0.2) is 60.8 Å². The first-order valence-corrected chi connectivity index (χ1v) is 9.74. The molecule has 1 aliphatic carbocycles. The Morgan fingerprint density at radius 2 is 1.86 bits per heavy atom. The average Bonchev–Trinajstić information content (AvgIpc) is 3.23. The fourth-order valence-electron chi connectivity index (χ4n) is 3.55. The fraction of sp³-hybridized carbons (Fsp3) is 0.174. The summed E-state index contributed by atoms with van der Waals surface area (Å²) >= 11 is 6.29. The highest BCUT2D eigenvalue weighted by Gasteiger charge is 2.23. The summed E-state index contributed by atoms with van der Waals surface area (Å²) in [7, 11) is 0. The second kappa shape index (κ2) is 8.45. The number of carboxylic acids is 1. The minimum absolute atomic E-state index is 0.125. The highest BCUT2D eigenvalue weighted by atomic mass is 35.5. The lowest BCUT2D eigenvalue weighted by molar-refractivity contribution is 0.0696. The standard InChI is InChI=1S/C23H19ClN2O3/c24-17-9-10-22(29-14-15-5-2-1-3-6-15)20(12-17)18-7-4-8-19(18)21-11-16(23(27)28)13-25-26-21/h1-3,5-6,9-13H,4,7-8,14H2,(H,27,28). The van der Waals surface area contributed by atoms with Gasteiger partial charge >= 0.3 is 5.97 Å². The van der Waals surface area contributed by atoms with Crippen LogP contribution in [-0.4, -0.2) is 21.3 Å². The zero-order valence-electron chi connectivity index (χ0n) is 15.6. The van der Waals surface area contributed by atoms with E-state index in [0.717, 1.165) is 47.3 Å². The Hall–Kier alpha value is -3.18. The molecule has 0 amide bonds. The third-order valence-corrected chi connectivity index (χ3v) is 5.17. The van der Waals surface area contributed by atoms with Crippen molar-refractivity contribution in [2.24, 2.45) is 0 Å². The van der Waals surface area contributed by atoms with Crippen LogP contribution in [-0.2, 0) is 6.61 Å². The Balaban J connectivity index is 1.72. The molecule has 0 aliphatic heterocycles. The number of ether oxygens (including phenoxy) is 1. The second-order valence-electron chi connectivity index (χ2n) is 6.86. The number of hydrogen-bond donors (Lipinski definition) is 1. The van der Waals surface area contributed by atoms with Gasteiger partial charge in [-0.2, -0.15) is 10.2 Å². The molecule has 1 aromatic heterocycles. The van der Waals surface area contributed by atoms with E-state index < -0.39 is 5.97 Å². The molecule has 146 valence electrons. The van der Waals surface area contributed by atoms with Crippen LogP contribution in [0.1, 0.15) is 46.4 Å². The van der Waals surface area contributed by atoms with Gasteiger partial charge < -0.3 is 9.84 Å². The number of halogens is 1. The molecule has 2 aromatic carbocycles. The molecule has 5 nitrogen and oxygen atoms in total. The van der Waals surface area contributed by atoms with E-state index >= 15 is 0 Å². The molecule has 1 heterocycles. The van der Waals surface area contributed by atoms with Gasteiger partial charge in [0, 0.05) is 10.6 Å². The molecule has 0 saturated carbocycles. The van der Waals surface area contributed by atoms with Crippen molar-refractivity contribution in [3.8, 4) is 5.75 Å². The smallest absolute Gasteiger partial charge is 0.337 e. The predicted molar refractivity (Wildman–Crippen MR) is 112 cm³/mol. The Morgan fingerprint density at radius 3 is 2.66 bits per heavy atom. The summed E-state index contributed by atoms with van der Waals surface area (Å²) < 4.78 is 6.11. The number of carboxylic acid groups (broad SMARTS) is 1. The lowest BCUT2D eigenvalue weighted by Gasteiger charge is -2.15. The predicted octanol–water partition coefficient (Wildman–Crippen LogP) is 5.50. The van der Waals surface area contributed by atoms with Gasteiger partial charge in [-0.15, -0.1) is 0 Å². The van der Waals surface area contributed by atoms with Crippen LogP contribution in [0.4, 0.5) is 0 Å². The number of carbonyl (C=O) groups is 1. The zero-order chi connectivity index (χ0) is 20.2. The summed E-state index contributed by atoms with van der Waals surface area (Å²) in [6, 6.07) is 17.1. The van der Waals surface area contributed by atoms with Gasteiger partial charge in [0.15, 0.2) is 0 Å². The first kappa shape index (κ1) is 19.2. The van der Waals surface area contributed by atoms with Crippen molar-refractivity contribution in [2.75, 3.05) is 0 Å². The Kier molecular flexibility index (Phi) is 5.58. The van der Waals surface area contributed by atoms with Crippen molar-refractivity contribution in [1.29, 1.82) is 0 Å². The summed E-state index contributed by atoms with van der Waals surface area (Å²) in [5.74, 6) is -0.272. The maximum Gasteiger partial charge on any atom is 0.337 e. The van der Waals surface area contributed by atoms with Crippen molar-refractivity contribution in [2.45, 2.75) is 25.9 Å². The van der Waals surface area contributed by atoms with Crippen LogP contribution in [0.5, 0.6) is 5.75 Å². The number of nitrogens with zero attached hydrogens (tertiary/aromatic N) is 2. The van der Waals surface area contributed by atoms with Crippen LogP contribution in [0.3, 0.4) is 0 Å². The molecule has 0 radical (unpaired) electrons. The van der Waals surface area contributed by atoms with Crippen molar-refractivity contribution in [3.63, 3.8) is 0 Å². The number of benzene rings is 2. The number of allylic oxidation sites excluding steroid dienone is 2. The second-order valence-corrected chi connectivity index (χ2v) is 7.30. The van der Waals surface area contributed by atoms with Crippen LogP contribution in [0.25, 0.3) is 11.1 Å². The molecule has 1 aliphatic rings. The highest BCUT2D eigenvalue weighted by molar-refractivity contribution is 6.30. The van der Waals surface area contributed by atoms with Gasteiger partial charge in [-0.25, -0.2) is 4.79 Å². The number of aromatic nitrogens is 2. The Morgan fingerprint density at radius 1 is 1.07 bits per heavy atom. The normalized spacial score (nSPS) is 13.6. The Labute approximate surface area is 173 Å². The van der Waals surface area contributed by atoms with E-state index in [-0.39, 0.29) is 5.56 Å². The van der Waals surface area contributed by atoms with Crippen LogP contribution >= 0.6 is 11.6 Å². The van der Waals surface area contributed by atoms with Gasteiger partial charge in [0.25, 0.3) is 0 Å². The summed E-state index contributed by atoms with van der Waals surface area (Å²) in [6.45, 7) is 0.451. The molecule has 29 heavy (non-hydrogen) atoms. The van der Waals surface area contributed by atoms with Gasteiger partial charge in [-0.3, -0.25) is 0 Å². The maximum absolute atomic E-state index is 11.3. The van der Waals surface area contributed by atoms with Gasteiger partial charge in [0.05, 0.1) is 17.5 Å². The van der Waals surface area contributed by atoms with Crippen molar-refractivity contribution in [1.82, 2.24) is 10.2 Å². The maximum atomic E-state index is 11.3. The molecule has 3 aromatic rings. The van der Waals surface area contributed by atoms with Crippen LogP contribution in [0.2, 0.25) is 5.02 Å². The molecule has 4 rings (SSSR count). The summed E-state index contributed by atoms with van der Waals surface area (Å²) in [6.07, 6.45) is 3.86. The first-order valence-electron chi connectivity index (χ1n) is 9.37. The monoisotopic (exact) mass is 406 g/mol. The van der Waals surface area contributed by atoms with E-state index in [0.29, 0.717) is 17.3 Å². The molecule has 0 saturated heterocycles. The van der Waals surface area contributed by atoms with E-state index in [1.807, 2.05) is 48.5 Å². The summed E-state index contributed by atoms with van der Waals surface area (Å²) in [5.41, 5.74) is 4.78. The molecule has 0 atom stereocenters. The summed E-state index contributed by atoms with van der Waals surface area (Å²) in [5, 5.41) is 17.9. The van der Waals surface area contributed by atoms with E-state index in [4.69, 9.17) is 16.3 Å². The number of aromatic carboxylic acids is 1. The first-order chi connectivity index (χ1) is 14.1.